The van der Waals surface area contributed by atoms with E-state index in [-0.39, 0.29) is 0 Å². The van der Waals surface area contributed by atoms with Gasteiger partial charge in [-0.25, -0.2) is 4.39 Å². The number of alkyl halides is 1. The van der Waals surface area contributed by atoms with E-state index in [1.165, 1.54) is 0 Å². The lowest BCUT2D eigenvalue weighted by Crippen LogP contribution is -2.64. The highest BCUT2D eigenvalue weighted by Crippen LogP contribution is 2.29. The molecule has 0 aromatic heterocycles. The van der Waals surface area contributed by atoms with Crippen LogP contribution in [0.1, 0.15) is 0 Å². The summed E-state index contributed by atoms with van der Waals surface area (Å²) >= 11 is 0. The average Bonchev–Trinajstić information content (AvgIpc) is 2.55. The van der Waals surface area contributed by atoms with Gasteiger partial charge in [-0.2, -0.15) is 0 Å². The van der Waals surface area contributed by atoms with E-state index in [9.17, 15) is 35.0 Å². The molecule has 0 spiro atoms. The molecule has 0 bridgehead atoms. The van der Waals surface area contributed by atoms with Gasteiger partial charge in [0.1, 0.15) is 48.8 Å². The number of halogens is 1. The van der Waals surface area contributed by atoms with Crippen molar-refractivity contribution in [3.8, 4) is 0 Å². The van der Waals surface area contributed by atoms with Crippen molar-refractivity contribution in [3.63, 3.8) is 0 Å². The molecule has 7 N–H and O–H groups in total. The maximum absolute atomic E-state index is 13.3. The highest BCUT2D eigenvalue weighted by Gasteiger charge is 2.50. The largest absolute Gasteiger partial charge is 0.394 e. The van der Waals surface area contributed by atoms with Crippen molar-refractivity contribution < 1.29 is 54.3 Å². The summed E-state index contributed by atoms with van der Waals surface area (Å²) in [5, 5.41) is 66.8. The van der Waals surface area contributed by atoms with Crippen molar-refractivity contribution in [2.45, 2.75) is 61.5 Å². The molecule has 2 heterocycles. The van der Waals surface area contributed by atoms with E-state index in [4.69, 9.17) is 14.6 Å². The van der Waals surface area contributed by atoms with Crippen LogP contribution in [-0.2, 0) is 14.2 Å². The van der Waals surface area contributed by atoms with Crippen LogP contribution in [0.4, 0.5) is 4.39 Å². The van der Waals surface area contributed by atoms with Crippen molar-refractivity contribution in [2.75, 3.05) is 13.2 Å². The van der Waals surface area contributed by atoms with Crippen LogP contribution in [0.3, 0.4) is 0 Å². The SMILES string of the molecule is OC[C@H]1O[C@@H](O[C@H]2[C@H](O)[C@@H](O)C(F)O[C@@H]2CO)[C@H](O)[C@@H](O)[C@H]1O. The molecule has 0 aliphatic carbocycles. The molecule has 23 heavy (non-hydrogen) atoms. The first kappa shape index (κ1) is 18.9. The first-order chi connectivity index (χ1) is 10.8. The van der Waals surface area contributed by atoms with Crippen LogP contribution in [0, 0.1) is 0 Å². The Hall–Kier alpha value is -0.470. The number of aliphatic hydroxyl groups is 7. The Kier molecular flexibility index (Phi) is 6.24. The summed E-state index contributed by atoms with van der Waals surface area (Å²) < 4.78 is 28.3. The van der Waals surface area contributed by atoms with Gasteiger partial charge in [-0.3, -0.25) is 0 Å². The fraction of sp³-hybridized carbons (Fsp3) is 1.00. The van der Waals surface area contributed by atoms with Gasteiger partial charge in [-0.15, -0.1) is 0 Å². The monoisotopic (exact) mass is 344 g/mol. The van der Waals surface area contributed by atoms with Crippen molar-refractivity contribution in [3.05, 3.63) is 0 Å². The molecule has 0 amide bonds. The van der Waals surface area contributed by atoms with E-state index >= 15 is 0 Å². The van der Waals surface area contributed by atoms with Crippen LogP contribution in [0.5, 0.6) is 0 Å². The topological polar surface area (TPSA) is 169 Å². The highest BCUT2D eigenvalue weighted by molar-refractivity contribution is 4.93. The van der Waals surface area contributed by atoms with Crippen LogP contribution in [0.2, 0.25) is 0 Å². The number of aliphatic hydroxyl groups excluding tert-OH is 7. The molecular weight excluding hydrogens is 323 g/mol. The van der Waals surface area contributed by atoms with E-state index in [1.54, 1.807) is 0 Å². The second kappa shape index (κ2) is 7.61. The van der Waals surface area contributed by atoms with E-state index in [0.717, 1.165) is 0 Å². The van der Waals surface area contributed by atoms with Gasteiger partial charge in [-0.1, -0.05) is 0 Å². The maximum Gasteiger partial charge on any atom is 0.228 e. The van der Waals surface area contributed by atoms with Crippen molar-refractivity contribution >= 4 is 0 Å². The Morgan fingerprint density at radius 1 is 0.739 bits per heavy atom. The van der Waals surface area contributed by atoms with Gasteiger partial charge in [0.15, 0.2) is 6.29 Å². The lowest BCUT2D eigenvalue weighted by atomic mass is 9.97. The molecule has 0 aromatic carbocycles. The van der Waals surface area contributed by atoms with Gasteiger partial charge in [0.2, 0.25) is 6.36 Å². The summed E-state index contributed by atoms with van der Waals surface area (Å²) in [6.45, 7) is -1.45. The molecular formula is C12H21FO10. The third-order valence-corrected chi connectivity index (χ3v) is 3.95. The van der Waals surface area contributed by atoms with E-state index in [2.05, 4.69) is 4.74 Å². The molecule has 2 saturated heterocycles. The Labute approximate surface area is 130 Å². The second-order valence-electron chi connectivity index (χ2n) is 5.49. The first-order valence-corrected chi connectivity index (χ1v) is 7.04. The predicted octanol–water partition coefficient (Wildman–Crippen LogP) is -4.42. The normalized spacial score (nSPS) is 51.7. The number of hydrogen-bond donors (Lipinski definition) is 7. The molecule has 2 fully saturated rings. The van der Waals surface area contributed by atoms with E-state index in [1.807, 2.05) is 0 Å². The molecule has 136 valence electrons. The average molecular weight is 344 g/mol. The molecule has 0 saturated carbocycles. The third kappa shape index (κ3) is 3.64. The lowest BCUT2D eigenvalue weighted by Gasteiger charge is -2.44. The van der Waals surface area contributed by atoms with Crippen molar-refractivity contribution in [1.82, 2.24) is 0 Å². The van der Waals surface area contributed by atoms with Gasteiger partial charge in [0.05, 0.1) is 13.2 Å². The summed E-state index contributed by atoms with van der Waals surface area (Å²) in [7, 11) is 0. The summed E-state index contributed by atoms with van der Waals surface area (Å²) in [5.41, 5.74) is 0. The van der Waals surface area contributed by atoms with E-state index in [0.29, 0.717) is 0 Å². The number of ether oxygens (including phenoxy) is 3. The number of rotatable bonds is 4. The van der Waals surface area contributed by atoms with Crippen LogP contribution >= 0.6 is 0 Å². The molecule has 2 aliphatic rings. The molecule has 10 atom stereocenters. The quantitative estimate of drug-likeness (QED) is 0.264. The van der Waals surface area contributed by atoms with Gasteiger partial charge in [0, 0.05) is 0 Å². The predicted molar refractivity (Wildman–Crippen MR) is 67.5 cm³/mol. The third-order valence-electron chi connectivity index (χ3n) is 3.95. The Morgan fingerprint density at radius 2 is 1.35 bits per heavy atom. The Bertz CT molecular complexity index is 383. The highest BCUT2D eigenvalue weighted by atomic mass is 19.1. The van der Waals surface area contributed by atoms with Gasteiger partial charge in [0.25, 0.3) is 0 Å². The minimum atomic E-state index is -2.24. The zero-order valence-electron chi connectivity index (χ0n) is 11.9. The van der Waals surface area contributed by atoms with Crippen LogP contribution in [0.25, 0.3) is 0 Å². The van der Waals surface area contributed by atoms with Crippen LogP contribution < -0.4 is 0 Å². The zero-order chi connectivity index (χ0) is 17.3. The molecule has 0 radical (unpaired) electrons. The summed E-state index contributed by atoms with van der Waals surface area (Å²) in [6.07, 6.45) is -16.8. The molecule has 2 aliphatic heterocycles. The summed E-state index contributed by atoms with van der Waals surface area (Å²) in [4.78, 5) is 0. The Balaban J connectivity index is 2.11. The first-order valence-electron chi connectivity index (χ1n) is 7.04. The van der Waals surface area contributed by atoms with Gasteiger partial charge >= 0.3 is 0 Å². The minimum absolute atomic E-state index is 0.687. The van der Waals surface area contributed by atoms with Crippen LogP contribution in [-0.4, -0.2) is 110 Å². The zero-order valence-corrected chi connectivity index (χ0v) is 11.9. The fourth-order valence-corrected chi connectivity index (χ4v) is 2.54. The second-order valence-corrected chi connectivity index (χ2v) is 5.49. The van der Waals surface area contributed by atoms with Gasteiger partial charge in [-0.05, 0) is 0 Å². The standard InChI is InChI=1S/C12H21FO10/c13-11-8(19)7(18)10(4(2-15)21-11)23-12-9(20)6(17)5(16)3(1-14)22-12/h3-12,14-20H,1-2H2/t3-,4-,5+,6+,7-,8-,9-,10-,11?,12+/m1/s1. The lowest BCUT2D eigenvalue weighted by molar-refractivity contribution is -0.349. The molecule has 2 rings (SSSR count). The summed E-state index contributed by atoms with van der Waals surface area (Å²) in [6, 6.07) is 0. The van der Waals surface area contributed by atoms with E-state index < -0.39 is 74.7 Å². The van der Waals surface area contributed by atoms with Gasteiger partial charge < -0.3 is 50.0 Å². The molecule has 11 heteroatoms. The minimum Gasteiger partial charge on any atom is -0.394 e. The molecule has 10 nitrogen and oxygen atoms in total. The van der Waals surface area contributed by atoms with Crippen molar-refractivity contribution in [2.24, 2.45) is 0 Å². The fourth-order valence-electron chi connectivity index (χ4n) is 2.54. The summed E-state index contributed by atoms with van der Waals surface area (Å²) in [5.74, 6) is 0. The van der Waals surface area contributed by atoms with Crippen LogP contribution in [0.15, 0.2) is 0 Å². The maximum atomic E-state index is 13.3. The molecule has 1 unspecified atom stereocenters. The Morgan fingerprint density at radius 3 is 1.91 bits per heavy atom. The smallest absolute Gasteiger partial charge is 0.228 e. The molecule has 0 aromatic rings. The van der Waals surface area contributed by atoms with Crippen molar-refractivity contribution in [1.29, 1.82) is 0 Å². The number of hydrogen-bond acceptors (Lipinski definition) is 10.